The molecule has 2 rings (SSSR count). The van der Waals surface area contributed by atoms with Crippen molar-refractivity contribution >= 4 is 18.0 Å². The molecule has 2 unspecified atom stereocenters. The van der Waals surface area contributed by atoms with Crippen LogP contribution in [0.25, 0.3) is 6.08 Å². The third kappa shape index (κ3) is 4.48. The van der Waals surface area contributed by atoms with Crippen molar-refractivity contribution in [3.8, 4) is 0 Å². The normalized spacial score (nSPS) is 22.3. The van der Waals surface area contributed by atoms with Gasteiger partial charge in [-0.05, 0) is 43.9 Å². The smallest absolute Gasteiger partial charge is 0.306 e. The molecular formula is C16H21NO4. The number of amides is 1. The molecule has 2 atom stereocenters. The first-order valence-corrected chi connectivity index (χ1v) is 7.31. The van der Waals surface area contributed by atoms with Crippen LogP contribution < -0.4 is 5.32 Å². The lowest BCUT2D eigenvalue weighted by Crippen LogP contribution is -2.36. The van der Waals surface area contributed by atoms with E-state index >= 15 is 0 Å². The zero-order valence-corrected chi connectivity index (χ0v) is 12.2. The lowest BCUT2D eigenvalue weighted by atomic mass is 9.79. The average molecular weight is 291 g/mol. The number of furan rings is 1. The Kier molecular flexibility index (Phi) is 5.20. The molecule has 5 heteroatoms. The van der Waals surface area contributed by atoms with E-state index < -0.39 is 5.97 Å². The predicted octanol–water partition coefficient (Wildman–Crippen LogP) is 2.61. The number of hydrogen-bond acceptors (Lipinski definition) is 3. The quantitative estimate of drug-likeness (QED) is 0.817. The fourth-order valence-electron chi connectivity index (χ4n) is 2.77. The molecule has 0 aromatic carbocycles. The minimum atomic E-state index is -0.754. The van der Waals surface area contributed by atoms with E-state index in [4.69, 9.17) is 4.42 Å². The van der Waals surface area contributed by atoms with E-state index in [0.717, 1.165) is 25.0 Å². The van der Waals surface area contributed by atoms with Crippen LogP contribution in [0.4, 0.5) is 0 Å². The molecule has 1 aliphatic rings. The van der Waals surface area contributed by atoms with Crippen LogP contribution in [-0.2, 0) is 9.59 Å². The Balaban J connectivity index is 1.82. The highest BCUT2D eigenvalue weighted by atomic mass is 16.4. The van der Waals surface area contributed by atoms with Gasteiger partial charge in [0.25, 0.3) is 0 Å². The monoisotopic (exact) mass is 291 g/mol. The van der Waals surface area contributed by atoms with Crippen molar-refractivity contribution in [2.24, 2.45) is 11.8 Å². The summed E-state index contributed by atoms with van der Waals surface area (Å²) in [6.45, 7) is 2.25. The summed E-state index contributed by atoms with van der Waals surface area (Å²) in [5.74, 6) is 0.134. The molecule has 1 fully saturated rings. The molecule has 1 aromatic rings. The van der Waals surface area contributed by atoms with Crippen molar-refractivity contribution in [1.29, 1.82) is 0 Å². The number of carboxylic acid groups (broad SMARTS) is 1. The Hall–Kier alpha value is -2.04. The lowest BCUT2D eigenvalue weighted by Gasteiger charge is -2.28. The molecular weight excluding hydrogens is 270 g/mol. The van der Waals surface area contributed by atoms with Gasteiger partial charge in [0.2, 0.25) is 5.91 Å². The molecule has 0 radical (unpaired) electrons. The van der Waals surface area contributed by atoms with Gasteiger partial charge in [-0.15, -0.1) is 0 Å². The fraction of sp³-hybridized carbons (Fsp3) is 0.500. The van der Waals surface area contributed by atoms with Crippen LogP contribution in [0.3, 0.4) is 0 Å². The maximum atomic E-state index is 11.8. The van der Waals surface area contributed by atoms with Gasteiger partial charge in [-0.2, -0.15) is 0 Å². The van der Waals surface area contributed by atoms with Crippen molar-refractivity contribution in [3.05, 3.63) is 29.7 Å². The number of aryl methyl sites for hydroxylation is 1. The number of nitrogens with one attached hydrogen (secondary N) is 1. The fourth-order valence-corrected chi connectivity index (χ4v) is 2.77. The van der Waals surface area contributed by atoms with Crippen LogP contribution >= 0.6 is 0 Å². The topological polar surface area (TPSA) is 79.5 Å². The number of aliphatic carboxylic acids is 1. The molecule has 0 aliphatic heterocycles. The number of carbonyl (C=O) groups excluding carboxylic acids is 1. The molecule has 1 aromatic heterocycles. The third-order valence-corrected chi connectivity index (χ3v) is 3.92. The van der Waals surface area contributed by atoms with Crippen LogP contribution in [-0.4, -0.2) is 23.5 Å². The molecule has 0 saturated heterocycles. The Labute approximate surface area is 124 Å². The van der Waals surface area contributed by atoms with Gasteiger partial charge in [-0.3, -0.25) is 9.59 Å². The van der Waals surface area contributed by atoms with Crippen LogP contribution in [0.2, 0.25) is 0 Å². The second kappa shape index (κ2) is 7.11. The predicted molar refractivity (Wildman–Crippen MR) is 78.6 cm³/mol. The Morgan fingerprint density at radius 3 is 2.81 bits per heavy atom. The highest BCUT2D eigenvalue weighted by molar-refractivity contribution is 5.91. The Bertz CT molecular complexity index is 532. The van der Waals surface area contributed by atoms with Crippen LogP contribution in [0.15, 0.2) is 22.6 Å². The second-order valence-electron chi connectivity index (χ2n) is 5.52. The van der Waals surface area contributed by atoms with E-state index in [-0.39, 0.29) is 17.7 Å². The van der Waals surface area contributed by atoms with E-state index in [1.807, 2.05) is 13.0 Å². The second-order valence-corrected chi connectivity index (χ2v) is 5.52. The van der Waals surface area contributed by atoms with Crippen LogP contribution in [0.5, 0.6) is 0 Å². The minimum absolute atomic E-state index is 0.0273. The molecule has 1 aliphatic carbocycles. The average Bonchev–Trinajstić information content (AvgIpc) is 2.88. The van der Waals surface area contributed by atoms with E-state index in [9.17, 15) is 14.7 Å². The third-order valence-electron chi connectivity index (χ3n) is 3.92. The summed E-state index contributed by atoms with van der Waals surface area (Å²) in [6.07, 6.45) is 6.58. The van der Waals surface area contributed by atoms with Crippen molar-refractivity contribution in [2.45, 2.75) is 32.6 Å². The number of carboxylic acids is 1. The Morgan fingerprint density at radius 2 is 2.14 bits per heavy atom. The largest absolute Gasteiger partial charge is 0.481 e. The summed E-state index contributed by atoms with van der Waals surface area (Å²) in [5.41, 5.74) is 0. The molecule has 2 N–H and O–H groups in total. The molecule has 0 bridgehead atoms. The van der Waals surface area contributed by atoms with Gasteiger partial charge < -0.3 is 14.8 Å². The van der Waals surface area contributed by atoms with Crippen LogP contribution in [0.1, 0.15) is 37.2 Å². The summed E-state index contributed by atoms with van der Waals surface area (Å²) in [4.78, 5) is 22.9. The first-order valence-electron chi connectivity index (χ1n) is 7.31. The van der Waals surface area contributed by atoms with E-state index in [1.54, 1.807) is 12.1 Å². The maximum Gasteiger partial charge on any atom is 0.306 e. The summed E-state index contributed by atoms with van der Waals surface area (Å²) in [7, 11) is 0. The number of rotatable bonds is 5. The Morgan fingerprint density at radius 1 is 1.38 bits per heavy atom. The zero-order valence-electron chi connectivity index (χ0n) is 12.2. The summed E-state index contributed by atoms with van der Waals surface area (Å²) in [5, 5.41) is 12.0. The molecule has 21 heavy (non-hydrogen) atoms. The molecule has 5 nitrogen and oxygen atoms in total. The summed E-state index contributed by atoms with van der Waals surface area (Å²) < 4.78 is 5.33. The van der Waals surface area contributed by atoms with E-state index in [2.05, 4.69) is 5.32 Å². The van der Waals surface area contributed by atoms with Gasteiger partial charge in [0, 0.05) is 12.6 Å². The molecule has 114 valence electrons. The first kappa shape index (κ1) is 15.4. The summed E-state index contributed by atoms with van der Waals surface area (Å²) in [6, 6.07) is 3.62. The minimum Gasteiger partial charge on any atom is -0.481 e. The van der Waals surface area contributed by atoms with Gasteiger partial charge in [-0.1, -0.05) is 12.8 Å². The molecule has 1 saturated carbocycles. The van der Waals surface area contributed by atoms with Crippen molar-refractivity contribution in [3.63, 3.8) is 0 Å². The first-order chi connectivity index (χ1) is 10.1. The van der Waals surface area contributed by atoms with Gasteiger partial charge in [-0.25, -0.2) is 0 Å². The zero-order chi connectivity index (χ0) is 15.2. The van der Waals surface area contributed by atoms with Crippen LogP contribution in [0, 0.1) is 18.8 Å². The SMILES string of the molecule is Cc1ccc(C=CC(=O)NCC2CCCCC2C(=O)O)o1. The van der Waals surface area contributed by atoms with Gasteiger partial charge in [0.05, 0.1) is 5.92 Å². The van der Waals surface area contributed by atoms with E-state index in [0.29, 0.717) is 18.7 Å². The maximum absolute atomic E-state index is 11.8. The van der Waals surface area contributed by atoms with E-state index in [1.165, 1.54) is 6.08 Å². The van der Waals surface area contributed by atoms with Crippen molar-refractivity contribution in [1.82, 2.24) is 5.32 Å². The molecule has 1 amide bonds. The van der Waals surface area contributed by atoms with Crippen molar-refractivity contribution < 1.29 is 19.1 Å². The number of carbonyl (C=O) groups is 2. The molecule has 1 heterocycles. The lowest BCUT2D eigenvalue weighted by molar-refractivity contribution is -0.145. The van der Waals surface area contributed by atoms with Crippen molar-refractivity contribution in [2.75, 3.05) is 6.54 Å². The van der Waals surface area contributed by atoms with Gasteiger partial charge in [0.1, 0.15) is 11.5 Å². The van der Waals surface area contributed by atoms with Gasteiger partial charge >= 0.3 is 5.97 Å². The number of hydrogen-bond donors (Lipinski definition) is 2. The standard InChI is InChI=1S/C16H21NO4/c1-11-6-7-13(21-11)8-9-15(18)17-10-12-4-2-3-5-14(12)16(19)20/h6-9,12,14H,2-5,10H2,1H3,(H,17,18)(H,19,20). The van der Waals surface area contributed by atoms with Gasteiger partial charge in [0.15, 0.2) is 0 Å². The highest BCUT2D eigenvalue weighted by Crippen LogP contribution is 2.29. The summed E-state index contributed by atoms with van der Waals surface area (Å²) >= 11 is 0. The highest BCUT2D eigenvalue weighted by Gasteiger charge is 2.30. The molecule has 0 spiro atoms.